The van der Waals surface area contributed by atoms with E-state index in [1.165, 1.54) is 44.3 Å². The third-order valence-electron chi connectivity index (χ3n) is 5.50. The minimum absolute atomic E-state index is 0.509. The van der Waals surface area contributed by atoms with Crippen LogP contribution in [0, 0.1) is 0 Å². The van der Waals surface area contributed by atoms with E-state index in [9.17, 15) is 0 Å². The molecule has 140 valence electrons. The molecule has 1 unspecified atom stereocenters. The summed E-state index contributed by atoms with van der Waals surface area (Å²) in [5.74, 6) is 1.01. The Kier molecular flexibility index (Phi) is 7.58. The molecule has 25 heavy (non-hydrogen) atoms. The number of likely N-dealkylation sites (tertiary alicyclic amines) is 1. The first-order chi connectivity index (χ1) is 12.4. The second kappa shape index (κ2) is 10.1. The average Bonchev–Trinajstić information content (AvgIpc) is 3.18. The van der Waals surface area contributed by atoms with Gasteiger partial charge in [-0.25, -0.2) is 0 Å². The van der Waals surface area contributed by atoms with Crippen LogP contribution in [0.5, 0.6) is 5.75 Å². The molecule has 0 bridgehead atoms. The lowest BCUT2D eigenvalue weighted by atomic mass is 10.0. The normalized spacial score (nSPS) is 20.7. The maximum atomic E-state index is 5.89. The Morgan fingerprint density at radius 1 is 1.00 bits per heavy atom. The van der Waals surface area contributed by atoms with Gasteiger partial charge in [0.25, 0.3) is 0 Å². The van der Waals surface area contributed by atoms with Gasteiger partial charge in [-0.1, -0.05) is 31.9 Å². The average molecular weight is 346 g/mol. The first-order valence-electron chi connectivity index (χ1n) is 10.3. The van der Waals surface area contributed by atoms with Crippen LogP contribution >= 0.6 is 0 Å². The Hall–Kier alpha value is -1.10. The van der Waals surface area contributed by atoms with Crippen LogP contribution in [0.2, 0.25) is 0 Å². The van der Waals surface area contributed by atoms with Crippen LogP contribution in [-0.4, -0.2) is 62.2 Å². The largest absolute Gasteiger partial charge is 0.494 e. The van der Waals surface area contributed by atoms with E-state index in [2.05, 4.69) is 46.3 Å². The van der Waals surface area contributed by atoms with Crippen molar-refractivity contribution in [3.8, 4) is 5.75 Å². The number of nitrogens with zero attached hydrogens (tertiary/aromatic N) is 2. The molecule has 1 aromatic rings. The van der Waals surface area contributed by atoms with Gasteiger partial charge in [0.1, 0.15) is 5.75 Å². The minimum Gasteiger partial charge on any atom is -0.494 e. The molecule has 2 saturated heterocycles. The van der Waals surface area contributed by atoms with E-state index in [-0.39, 0.29) is 0 Å². The van der Waals surface area contributed by atoms with E-state index in [4.69, 9.17) is 4.74 Å². The topological polar surface area (TPSA) is 27.7 Å². The summed E-state index contributed by atoms with van der Waals surface area (Å²) >= 11 is 0. The maximum absolute atomic E-state index is 5.89. The zero-order valence-electron chi connectivity index (χ0n) is 15.9. The predicted molar refractivity (Wildman–Crippen MR) is 104 cm³/mol. The monoisotopic (exact) mass is 345 g/mol. The highest BCUT2D eigenvalue weighted by molar-refractivity contribution is 5.29. The first kappa shape index (κ1) is 18.7. The molecule has 0 aliphatic carbocycles. The van der Waals surface area contributed by atoms with E-state index in [1.807, 2.05) is 0 Å². The van der Waals surface area contributed by atoms with Crippen molar-refractivity contribution in [3.63, 3.8) is 0 Å². The van der Waals surface area contributed by atoms with Gasteiger partial charge >= 0.3 is 0 Å². The molecule has 1 aromatic carbocycles. The van der Waals surface area contributed by atoms with Crippen molar-refractivity contribution in [2.24, 2.45) is 0 Å². The summed E-state index contributed by atoms with van der Waals surface area (Å²) < 4.78 is 5.89. The van der Waals surface area contributed by atoms with Gasteiger partial charge in [0.15, 0.2) is 0 Å². The molecule has 2 aliphatic heterocycles. The zero-order valence-corrected chi connectivity index (χ0v) is 15.9. The molecule has 3 rings (SSSR count). The first-order valence-corrected chi connectivity index (χ1v) is 10.3. The molecule has 0 amide bonds. The highest BCUT2D eigenvalue weighted by Gasteiger charge is 2.25. The van der Waals surface area contributed by atoms with E-state index in [1.54, 1.807) is 0 Å². The lowest BCUT2D eigenvalue weighted by Crippen LogP contribution is -2.47. The van der Waals surface area contributed by atoms with Crippen molar-refractivity contribution < 1.29 is 4.74 Å². The summed E-state index contributed by atoms with van der Waals surface area (Å²) in [5.41, 5.74) is 1.44. The number of ether oxygens (including phenoxy) is 1. The molecule has 2 fully saturated rings. The Morgan fingerprint density at radius 2 is 1.72 bits per heavy atom. The Balaban J connectivity index is 1.62. The molecular weight excluding hydrogens is 310 g/mol. The predicted octanol–water partition coefficient (Wildman–Crippen LogP) is 3.30. The standard InChI is InChI=1S/C21H35N3O/c1-2-3-6-17-25-20-9-7-19(8-10-20)21(18-23-13-4-5-14-23)24-15-11-22-12-16-24/h7-10,21-22H,2-6,11-18H2,1H3. The van der Waals surface area contributed by atoms with Gasteiger partial charge in [-0.05, 0) is 50.0 Å². The van der Waals surface area contributed by atoms with E-state index in [0.29, 0.717) is 6.04 Å². The van der Waals surface area contributed by atoms with Crippen LogP contribution in [0.3, 0.4) is 0 Å². The summed E-state index contributed by atoms with van der Waals surface area (Å²) in [6.07, 6.45) is 6.36. The van der Waals surface area contributed by atoms with Crippen LogP contribution in [0.4, 0.5) is 0 Å². The van der Waals surface area contributed by atoms with Gasteiger partial charge in [0.05, 0.1) is 6.61 Å². The minimum atomic E-state index is 0.509. The fraction of sp³-hybridized carbons (Fsp3) is 0.714. The molecule has 4 nitrogen and oxygen atoms in total. The molecular formula is C21H35N3O. The zero-order chi connectivity index (χ0) is 17.3. The summed E-state index contributed by atoms with van der Waals surface area (Å²) in [7, 11) is 0. The van der Waals surface area contributed by atoms with Gasteiger partial charge in [-0.3, -0.25) is 4.90 Å². The molecule has 0 aromatic heterocycles. The number of rotatable bonds is 9. The van der Waals surface area contributed by atoms with Gasteiger partial charge in [-0.2, -0.15) is 0 Å². The number of benzene rings is 1. The number of hydrogen-bond donors (Lipinski definition) is 1. The van der Waals surface area contributed by atoms with Crippen molar-refractivity contribution in [1.82, 2.24) is 15.1 Å². The second-order valence-corrected chi connectivity index (χ2v) is 7.43. The maximum Gasteiger partial charge on any atom is 0.119 e. The molecule has 4 heteroatoms. The lowest BCUT2D eigenvalue weighted by Gasteiger charge is -2.37. The fourth-order valence-electron chi connectivity index (χ4n) is 3.96. The summed E-state index contributed by atoms with van der Waals surface area (Å²) in [6, 6.07) is 9.42. The summed E-state index contributed by atoms with van der Waals surface area (Å²) in [5, 5.41) is 3.48. The third-order valence-corrected chi connectivity index (χ3v) is 5.50. The Bertz CT molecular complexity index is 478. The van der Waals surface area contributed by atoms with E-state index < -0.39 is 0 Å². The molecule has 2 heterocycles. The van der Waals surface area contributed by atoms with Gasteiger partial charge in [-0.15, -0.1) is 0 Å². The van der Waals surface area contributed by atoms with Crippen LogP contribution in [0.15, 0.2) is 24.3 Å². The summed E-state index contributed by atoms with van der Waals surface area (Å²) in [6.45, 7) is 11.3. The van der Waals surface area contributed by atoms with E-state index >= 15 is 0 Å². The van der Waals surface area contributed by atoms with Crippen LogP contribution in [-0.2, 0) is 0 Å². The Morgan fingerprint density at radius 3 is 2.40 bits per heavy atom. The van der Waals surface area contributed by atoms with Gasteiger partial charge in [0, 0.05) is 38.8 Å². The van der Waals surface area contributed by atoms with Crippen LogP contribution in [0.1, 0.15) is 50.6 Å². The number of nitrogens with one attached hydrogen (secondary N) is 1. The highest BCUT2D eigenvalue weighted by atomic mass is 16.5. The molecule has 0 spiro atoms. The number of piperazine rings is 1. The van der Waals surface area contributed by atoms with Crippen molar-refractivity contribution in [2.75, 3.05) is 52.4 Å². The molecule has 2 aliphatic rings. The molecule has 1 N–H and O–H groups in total. The fourth-order valence-corrected chi connectivity index (χ4v) is 3.96. The SMILES string of the molecule is CCCCCOc1ccc(C(CN2CCCC2)N2CCNCC2)cc1. The number of hydrogen-bond acceptors (Lipinski definition) is 4. The van der Waals surface area contributed by atoms with Crippen LogP contribution in [0.25, 0.3) is 0 Å². The smallest absolute Gasteiger partial charge is 0.119 e. The second-order valence-electron chi connectivity index (χ2n) is 7.43. The lowest BCUT2D eigenvalue weighted by molar-refractivity contribution is 0.135. The van der Waals surface area contributed by atoms with E-state index in [0.717, 1.165) is 51.5 Å². The number of unbranched alkanes of at least 4 members (excludes halogenated alkanes) is 2. The van der Waals surface area contributed by atoms with Crippen molar-refractivity contribution in [3.05, 3.63) is 29.8 Å². The highest BCUT2D eigenvalue weighted by Crippen LogP contribution is 2.26. The Labute approximate surface area is 153 Å². The quantitative estimate of drug-likeness (QED) is 0.695. The molecule has 0 saturated carbocycles. The van der Waals surface area contributed by atoms with Crippen molar-refractivity contribution in [2.45, 2.75) is 45.1 Å². The van der Waals surface area contributed by atoms with Crippen molar-refractivity contribution in [1.29, 1.82) is 0 Å². The summed E-state index contributed by atoms with van der Waals surface area (Å²) in [4.78, 5) is 5.30. The van der Waals surface area contributed by atoms with Gasteiger partial charge in [0.2, 0.25) is 0 Å². The molecule has 1 atom stereocenters. The van der Waals surface area contributed by atoms with Crippen molar-refractivity contribution >= 4 is 0 Å². The third kappa shape index (κ3) is 5.70. The van der Waals surface area contributed by atoms with Gasteiger partial charge < -0.3 is 15.0 Å². The van der Waals surface area contributed by atoms with Crippen LogP contribution < -0.4 is 10.1 Å². The molecule has 0 radical (unpaired) electrons.